The zero-order chi connectivity index (χ0) is 5.28. The first kappa shape index (κ1) is 4.61. The standard InChI is InChI=1S/C6H8O/c1-5(4-7)6-2-3-6/h6H,2-3H2,1H3. The molecule has 0 aromatic heterocycles. The Balaban J connectivity index is 2.53. The van der Waals surface area contributed by atoms with Gasteiger partial charge in [-0.2, -0.15) is 0 Å². The van der Waals surface area contributed by atoms with Gasteiger partial charge in [0.1, 0.15) is 5.94 Å². The highest BCUT2D eigenvalue weighted by Crippen LogP contribution is 2.34. The van der Waals surface area contributed by atoms with Gasteiger partial charge in [-0.3, -0.25) is 0 Å². The topological polar surface area (TPSA) is 17.1 Å². The molecule has 0 heterocycles. The molecule has 0 atom stereocenters. The summed E-state index contributed by atoms with van der Waals surface area (Å²) in [6.45, 7) is 1.85. The minimum Gasteiger partial charge on any atom is -0.234 e. The molecule has 0 N–H and O–H groups in total. The van der Waals surface area contributed by atoms with Crippen LogP contribution in [-0.2, 0) is 4.79 Å². The third kappa shape index (κ3) is 0.908. The first-order valence-corrected chi connectivity index (χ1v) is 2.56. The molecule has 0 aliphatic heterocycles. The van der Waals surface area contributed by atoms with Crippen LogP contribution < -0.4 is 0 Å². The van der Waals surface area contributed by atoms with Gasteiger partial charge in [0.05, 0.1) is 0 Å². The Morgan fingerprint density at radius 3 is 2.43 bits per heavy atom. The van der Waals surface area contributed by atoms with Crippen LogP contribution in [0.4, 0.5) is 0 Å². The highest BCUT2D eigenvalue weighted by molar-refractivity contribution is 5.53. The molecule has 0 amide bonds. The van der Waals surface area contributed by atoms with Crippen molar-refractivity contribution in [2.75, 3.05) is 0 Å². The molecule has 0 aromatic rings. The maximum absolute atomic E-state index is 9.82. The van der Waals surface area contributed by atoms with Crippen LogP contribution in [0.1, 0.15) is 19.8 Å². The van der Waals surface area contributed by atoms with E-state index in [0.717, 1.165) is 5.57 Å². The molecule has 1 rings (SSSR count). The Morgan fingerprint density at radius 1 is 1.71 bits per heavy atom. The van der Waals surface area contributed by atoms with Gasteiger partial charge < -0.3 is 0 Å². The van der Waals surface area contributed by atoms with Crippen LogP contribution in [0.2, 0.25) is 0 Å². The summed E-state index contributed by atoms with van der Waals surface area (Å²) in [5.41, 5.74) is 0.903. The summed E-state index contributed by atoms with van der Waals surface area (Å²) < 4.78 is 0. The smallest absolute Gasteiger partial charge is 0.123 e. The zero-order valence-electron chi connectivity index (χ0n) is 4.40. The maximum atomic E-state index is 9.82. The van der Waals surface area contributed by atoms with E-state index in [9.17, 15) is 4.79 Å². The molecular weight excluding hydrogens is 88.1 g/mol. The normalized spacial score (nSPS) is 18.4. The third-order valence-electron chi connectivity index (χ3n) is 1.35. The van der Waals surface area contributed by atoms with E-state index < -0.39 is 0 Å². The predicted molar refractivity (Wildman–Crippen MR) is 27.6 cm³/mol. The van der Waals surface area contributed by atoms with E-state index in [-0.39, 0.29) is 0 Å². The molecular formula is C6H8O. The molecule has 1 aliphatic carbocycles. The molecule has 0 spiro atoms. The van der Waals surface area contributed by atoms with Crippen molar-refractivity contribution in [1.29, 1.82) is 0 Å². The fourth-order valence-corrected chi connectivity index (χ4v) is 0.600. The van der Waals surface area contributed by atoms with Crippen molar-refractivity contribution in [3.8, 4) is 0 Å². The molecule has 1 saturated carbocycles. The average Bonchev–Trinajstić information content (AvgIpc) is 2.44. The Kier molecular flexibility index (Phi) is 0.994. The second kappa shape index (κ2) is 1.51. The van der Waals surface area contributed by atoms with Crippen molar-refractivity contribution >= 4 is 5.94 Å². The molecule has 0 saturated heterocycles. The molecule has 1 nitrogen and oxygen atoms in total. The lowest BCUT2D eigenvalue weighted by Gasteiger charge is -1.80. The van der Waals surface area contributed by atoms with Crippen LogP contribution in [0.3, 0.4) is 0 Å². The lowest BCUT2D eigenvalue weighted by molar-refractivity contribution is 0.565. The fraction of sp³-hybridized carbons (Fsp3) is 0.667. The van der Waals surface area contributed by atoms with Gasteiger partial charge in [0.15, 0.2) is 0 Å². The lowest BCUT2D eigenvalue weighted by atomic mass is 10.2. The minimum absolute atomic E-state index is 0.609. The summed E-state index contributed by atoms with van der Waals surface area (Å²) in [6, 6.07) is 0. The van der Waals surface area contributed by atoms with E-state index in [1.165, 1.54) is 12.8 Å². The quantitative estimate of drug-likeness (QED) is 0.448. The van der Waals surface area contributed by atoms with E-state index in [1.54, 1.807) is 0 Å². The van der Waals surface area contributed by atoms with Crippen LogP contribution in [0.25, 0.3) is 0 Å². The second-order valence-electron chi connectivity index (χ2n) is 2.06. The van der Waals surface area contributed by atoms with Crippen molar-refractivity contribution < 1.29 is 4.79 Å². The predicted octanol–water partition coefficient (Wildman–Crippen LogP) is 1.17. The van der Waals surface area contributed by atoms with Crippen LogP contribution in [0.5, 0.6) is 0 Å². The summed E-state index contributed by atoms with van der Waals surface area (Å²) in [6.07, 6.45) is 2.42. The van der Waals surface area contributed by atoms with E-state index >= 15 is 0 Å². The highest BCUT2D eigenvalue weighted by Gasteiger charge is 2.23. The number of rotatable bonds is 1. The summed E-state index contributed by atoms with van der Waals surface area (Å²) in [5.74, 6) is 2.50. The zero-order valence-corrected chi connectivity index (χ0v) is 4.40. The molecule has 0 bridgehead atoms. The monoisotopic (exact) mass is 96.1 g/mol. The van der Waals surface area contributed by atoms with E-state index in [1.807, 2.05) is 12.9 Å². The molecule has 0 aromatic carbocycles. The van der Waals surface area contributed by atoms with Gasteiger partial charge >= 0.3 is 0 Å². The van der Waals surface area contributed by atoms with Gasteiger partial charge in [-0.15, -0.1) is 0 Å². The van der Waals surface area contributed by atoms with Gasteiger partial charge in [-0.1, -0.05) is 0 Å². The van der Waals surface area contributed by atoms with Gasteiger partial charge in [0, 0.05) is 5.57 Å². The summed E-state index contributed by atoms with van der Waals surface area (Å²) >= 11 is 0. The van der Waals surface area contributed by atoms with E-state index in [0.29, 0.717) is 5.92 Å². The van der Waals surface area contributed by atoms with Crippen molar-refractivity contribution in [3.63, 3.8) is 0 Å². The number of allylic oxidation sites excluding steroid dienone is 1. The third-order valence-corrected chi connectivity index (χ3v) is 1.35. The SMILES string of the molecule is CC(=C=O)C1CC1. The lowest BCUT2D eigenvalue weighted by Crippen LogP contribution is -1.75. The minimum atomic E-state index is 0.609. The number of carbonyl (C=O) groups excluding carboxylic acids is 1. The summed E-state index contributed by atoms with van der Waals surface area (Å²) in [5, 5.41) is 0. The van der Waals surface area contributed by atoms with Crippen LogP contribution in [0, 0.1) is 5.92 Å². The molecule has 7 heavy (non-hydrogen) atoms. The van der Waals surface area contributed by atoms with E-state index in [2.05, 4.69) is 0 Å². The first-order chi connectivity index (χ1) is 3.34. The Bertz CT molecular complexity index is 116. The van der Waals surface area contributed by atoms with Gasteiger partial charge in [0.2, 0.25) is 0 Å². The van der Waals surface area contributed by atoms with Gasteiger partial charge in [-0.05, 0) is 25.7 Å². The average molecular weight is 96.1 g/mol. The Morgan fingerprint density at radius 2 is 2.29 bits per heavy atom. The first-order valence-electron chi connectivity index (χ1n) is 2.56. The summed E-state index contributed by atoms with van der Waals surface area (Å²) in [4.78, 5) is 9.82. The van der Waals surface area contributed by atoms with Crippen LogP contribution >= 0.6 is 0 Å². The number of hydrogen-bond donors (Lipinski definition) is 0. The largest absolute Gasteiger partial charge is 0.234 e. The van der Waals surface area contributed by atoms with Crippen LogP contribution in [-0.4, -0.2) is 5.94 Å². The Labute approximate surface area is 43.0 Å². The number of hydrogen-bond acceptors (Lipinski definition) is 1. The molecule has 1 aliphatic rings. The Hall–Kier alpha value is -0.550. The molecule has 1 heteroatoms. The van der Waals surface area contributed by atoms with Crippen molar-refractivity contribution in [2.45, 2.75) is 19.8 Å². The molecule has 1 fully saturated rings. The van der Waals surface area contributed by atoms with Gasteiger partial charge in [-0.25, -0.2) is 4.79 Å². The molecule has 38 valence electrons. The summed E-state index contributed by atoms with van der Waals surface area (Å²) in [7, 11) is 0. The van der Waals surface area contributed by atoms with E-state index in [4.69, 9.17) is 0 Å². The van der Waals surface area contributed by atoms with Crippen LogP contribution in [0.15, 0.2) is 5.57 Å². The fourth-order valence-electron chi connectivity index (χ4n) is 0.600. The van der Waals surface area contributed by atoms with Gasteiger partial charge in [0.25, 0.3) is 0 Å². The van der Waals surface area contributed by atoms with Crippen molar-refractivity contribution in [2.24, 2.45) is 5.92 Å². The molecule has 0 unspecified atom stereocenters. The van der Waals surface area contributed by atoms with Crippen molar-refractivity contribution in [1.82, 2.24) is 0 Å². The molecule has 0 radical (unpaired) electrons. The second-order valence-corrected chi connectivity index (χ2v) is 2.06. The van der Waals surface area contributed by atoms with Crippen molar-refractivity contribution in [3.05, 3.63) is 5.57 Å². The maximum Gasteiger partial charge on any atom is 0.123 e. The highest BCUT2D eigenvalue weighted by atomic mass is 16.1.